The summed E-state index contributed by atoms with van der Waals surface area (Å²) in [5, 5.41) is 11.8. The van der Waals surface area contributed by atoms with Crippen LogP contribution in [-0.2, 0) is 11.2 Å². The maximum Gasteiger partial charge on any atom is 0.307 e. The highest BCUT2D eigenvalue weighted by Gasteiger charge is 2.15. The lowest BCUT2D eigenvalue weighted by Gasteiger charge is -2.13. The Morgan fingerprint density at radius 3 is 2.89 bits per heavy atom. The van der Waals surface area contributed by atoms with E-state index in [1.807, 2.05) is 0 Å². The molecule has 1 aliphatic rings. The Morgan fingerprint density at radius 1 is 1.39 bits per heavy atom. The van der Waals surface area contributed by atoms with E-state index in [1.54, 1.807) is 30.5 Å². The molecule has 0 unspecified atom stereocenters. The van der Waals surface area contributed by atoms with Gasteiger partial charge < -0.3 is 10.4 Å². The smallest absolute Gasteiger partial charge is 0.307 e. The third-order valence-electron chi connectivity index (χ3n) is 2.51. The molecule has 4 nitrogen and oxygen atoms in total. The maximum atomic E-state index is 12.2. The highest BCUT2D eigenvalue weighted by Crippen LogP contribution is 2.22. The number of aliphatic carboxylic acids is 1. The van der Waals surface area contributed by atoms with E-state index < -0.39 is 5.97 Å². The molecule has 0 atom stereocenters. The van der Waals surface area contributed by atoms with Crippen molar-refractivity contribution in [3.05, 3.63) is 46.5 Å². The van der Waals surface area contributed by atoms with Crippen molar-refractivity contribution >= 4 is 23.5 Å². The lowest BCUT2D eigenvalue weighted by atomic mass is 10.1. The maximum absolute atomic E-state index is 12.2. The van der Waals surface area contributed by atoms with Gasteiger partial charge in [0.2, 0.25) is 5.78 Å². The van der Waals surface area contributed by atoms with Crippen LogP contribution in [0, 0.1) is 0 Å². The lowest BCUT2D eigenvalue weighted by Crippen LogP contribution is -2.18. The number of Topliss-reactive ketones (excluding diaryl/α,β-unsaturated/α-hetero) is 1. The quantitative estimate of drug-likeness (QED) is 0.809. The van der Waals surface area contributed by atoms with Gasteiger partial charge in [-0.15, -0.1) is 11.8 Å². The van der Waals surface area contributed by atoms with Gasteiger partial charge in [0.05, 0.1) is 11.3 Å². The standard InChI is InChI=1S/C13H13NO3S/c15-12(16)7-9-2-1-3-10(6-9)13(17)11-8-14-4-5-18-11/h1-3,6,8,14H,4-5,7H2,(H,15,16). The van der Waals surface area contributed by atoms with Crippen molar-refractivity contribution in [1.82, 2.24) is 5.32 Å². The summed E-state index contributed by atoms with van der Waals surface area (Å²) in [5.74, 6) is -0.0844. The highest BCUT2D eigenvalue weighted by atomic mass is 32.2. The van der Waals surface area contributed by atoms with Crippen molar-refractivity contribution in [1.29, 1.82) is 0 Å². The van der Waals surface area contributed by atoms with Gasteiger partial charge in [-0.05, 0) is 11.6 Å². The Bertz CT molecular complexity index is 511. The van der Waals surface area contributed by atoms with Gasteiger partial charge in [0.15, 0.2) is 0 Å². The first kappa shape index (κ1) is 12.7. The topological polar surface area (TPSA) is 66.4 Å². The van der Waals surface area contributed by atoms with Crippen molar-refractivity contribution in [3.63, 3.8) is 0 Å². The second-order valence-corrected chi connectivity index (χ2v) is 5.05. The summed E-state index contributed by atoms with van der Waals surface area (Å²) < 4.78 is 0. The normalized spacial score (nSPS) is 14.6. The summed E-state index contributed by atoms with van der Waals surface area (Å²) >= 11 is 1.52. The lowest BCUT2D eigenvalue weighted by molar-refractivity contribution is -0.136. The van der Waals surface area contributed by atoms with Crippen LogP contribution >= 0.6 is 11.8 Å². The highest BCUT2D eigenvalue weighted by molar-refractivity contribution is 8.04. The van der Waals surface area contributed by atoms with Crippen LogP contribution < -0.4 is 5.32 Å². The Labute approximate surface area is 109 Å². The van der Waals surface area contributed by atoms with Crippen LogP contribution in [0.25, 0.3) is 0 Å². The number of benzene rings is 1. The van der Waals surface area contributed by atoms with Crippen LogP contribution in [0.2, 0.25) is 0 Å². The summed E-state index contributed by atoms with van der Waals surface area (Å²) in [6.07, 6.45) is 1.66. The molecule has 1 aliphatic heterocycles. The molecule has 0 aromatic heterocycles. The SMILES string of the molecule is O=C(O)Cc1cccc(C(=O)C2=CNCCS2)c1. The van der Waals surface area contributed by atoms with E-state index in [9.17, 15) is 9.59 Å². The van der Waals surface area contributed by atoms with Gasteiger partial charge in [0, 0.05) is 24.1 Å². The molecule has 5 heteroatoms. The number of carbonyl (C=O) groups excluding carboxylic acids is 1. The van der Waals surface area contributed by atoms with Gasteiger partial charge in [0.1, 0.15) is 0 Å². The van der Waals surface area contributed by atoms with Crippen LogP contribution in [0.5, 0.6) is 0 Å². The Kier molecular flexibility index (Phi) is 4.04. The number of nitrogens with one attached hydrogen (secondary N) is 1. The van der Waals surface area contributed by atoms with Gasteiger partial charge >= 0.3 is 5.97 Å². The van der Waals surface area contributed by atoms with Gasteiger partial charge in [-0.3, -0.25) is 9.59 Å². The molecule has 0 fully saturated rings. The molecule has 1 heterocycles. The minimum Gasteiger partial charge on any atom is -0.481 e. The molecular weight excluding hydrogens is 250 g/mol. The third-order valence-corrected chi connectivity index (χ3v) is 3.53. The summed E-state index contributed by atoms with van der Waals surface area (Å²) in [4.78, 5) is 23.5. The number of hydrogen-bond acceptors (Lipinski definition) is 4. The molecule has 2 N–H and O–H groups in total. The van der Waals surface area contributed by atoms with E-state index in [4.69, 9.17) is 5.11 Å². The number of carboxylic acids is 1. The second-order valence-electron chi connectivity index (χ2n) is 3.91. The number of rotatable bonds is 4. The molecule has 2 rings (SSSR count). The number of allylic oxidation sites excluding steroid dienone is 1. The zero-order valence-corrected chi connectivity index (χ0v) is 10.5. The van der Waals surface area contributed by atoms with Crippen molar-refractivity contribution in [2.45, 2.75) is 6.42 Å². The minimum atomic E-state index is -0.896. The first-order chi connectivity index (χ1) is 8.66. The summed E-state index contributed by atoms with van der Waals surface area (Å²) in [7, 11) is 0. The molecule has 0 radical (unpaired) electrons. The van der Waals surface area contributed by atoms with Crippen molar-refractivity contribution in [2.75, 3.05) is 12.3 Å². The van der Waals surface area contributed by atoms with E-state index in [0.717, 1.165) is 12.3 Å². The summed E-state index contributed by atoms with van der Waals surface area (Å²) in [6, 6.07) is 6.79. The number of thioether (sulfide) groups is 1. The Balaban J connectivity index is 2.19. The van der Waals surface area contributed by atoms with E-state index in [2.05, 4.69) is 5.32 Å². The first-order valence-corrected chi connectivity index (χ1v) is 6.57. The van der Waals surface area contributed by atoms with Crippen LogP contribution in [0.4, 0.5) is 0 Å². The van der Waals surface area contributed by atoms with Crippen LogP contribution in [-0.4, -0.2) is 29.2 Å². The van der Waals surface area contributed by atoms with Crippen molar-refractivity contribution in [2.24, 2.45) is 0 Å². The van der Waals surface area contributed by atoms with Gasteiger partial charge in [-0.2, -0.15) is 0 Å². The van der Waals surface area contributed by atoms with Crippen molar-refractivity contribution < 1.29 is 14.7 Å². The minimum absolute atomic E-state index is 0.0561. The Hall–Kier alpha value is -1.75. The van der Waals surface area contributed by atoms with Gasteiger partial charge in [-0.1, -0.05) is 18.2 Å². The van der Waals surface area contributed by atoms with E-state index in [0.29, 0.717) is 16.0 Å². The molecule has 0 bridgehead atoms. The number of carbonyl (C=O) groups is 2. The molecule has 0 spiro atoms. The average molecular weight is 263 g/mol. The molecule has 18 heavy (non-hydrogen) atoms. The predicted molar refractivity (Wildman–Crippen MR) is 70.7 cm³/mol. The second kappa shape index (κ2) is 5.73. The zero-order chi connectivity index (χ0) is 13.0. The molecule has 1 aromatic rings. The van der Waals surface area contributed by atoms with Crippen LogP contribution in [0.1, 0.15) is 15.9 Å². The molecule has 0 amide bonds. The summed E-state index contributed by atoms with van der Waals surface area (Å²) in [6.45, 7) is 0.862. The fourth-order valence-corrected chi connectivity index (χ4v) is 2.55. The first-order valence-electron chi connectivity index (χ1n) is 5.58. The fourth-order valence-electron chi connectivity index (χ4n) is 1.70. The fraction of sp³-hybridized carbons (Fsp3) is 0.231. The predicted octanol–water partition coefficient (Wildman–Crippen LogP) is 1.67. The molecule has 0 saturated heterocycles. The number of hydrogen-bond donors (Lipinski definition) is 2. The van der Waals surface area contributed by atoms with E-state index >= 15 is 0 Å². The molecule has 0 aliphatic carbocycles. The van der Waals surface area contributed by atoms with Gasteiger partial charge in [-0.25, -0.2) is 0 Å². The zero-order valence-electron chi connectivity index (χ0n) is 9.68. The van der Waals surface area contributed by atoms with E-state index in [1.165, 1.54) is 11.8 Å². The van der Waals surface area contributed by atoms with Crippen LogP contribution in [0.3, 0.4) is 0 Å². The van der Waals surface area contributed by atoms with Gasteiger partial charge in [0.25, 0.3) is 0 Å². The van der Waals surface area contributed by atoms with E-state index in [-0.39, 0.29) is 12.2 Å². The molecule has 1 aromatic carbocycles. The van der Waals surface area contributed by atoms with Crippen molar-refractivity contribution in [3.8, 4) is 0 Å². The van der Waals surface area contributed by atoms with Crippen LogP contribution in [0.15, 0.2) is 35.4 Å². The number of ketones is 1. The molecular formula is C13H13NO3S. The third kappa shape index (κ3) is 3.13. The largest absolute Gasteiger partial charge is 0.481 e. The number of carboxylic acid groups (broad SMARTS) is 1. The molecule has 0 saturated carbocycles. The molecule has 94 valence electrons. The summed E-state index contributed by atoms with van der Waals surface area (Å²) in [5.41, 5.74) is 1.18. The Morgan fingerprint density at radius 2 is 2.22 bits per heavy atom. The monoisotopic (exact) mass is 263 g/mol. The average Bonchev–Trinajstić information content (AvgIpc) is 2.38.